The van der Waals surface area contributed by atoms with Gasteiger partial charge >= 0.3 is 0 Å². The Morgan fingerprint density at radius 2 is 1.53 bits per heavy atom. The van der Waals surface area contributed by atoms with Crippen molar-refractivity contribution in [2.75, 3.05) is 54.5 Å². The first-order valence-electron chi connectivity index (χ1n) is 9.99. The third-order valence-corrected chi connectivity index (χ3v) is 4.80. The van der Waals surface area contributed by atoms with Crippen LogP contribution < -0.4 is 4.74 Å². The van der Waals surface area contributed by atoms with Crippen LogP contribution in [-0.2, 0) is 9.53 Å². The molecular formula is C23H30N2O5. The molecule has 2 aliphatic carbocycles. The predicted octanol–water partition coefficient (Wildman–Crippen LogP) is 1.17. The molecule has 0 aliphatic heterocycles. The number of nitrogens with zero attached hydrogens (tertiary/aromatic N) is 2. The van der Waals surface area contributed by atoms with Gasteiger partial charge in [-0.25, -0.2) is 0 Å². The van der Waals surface area contributed by atoms with E-state index >= 15 is 0 Å². The number of rotatable bonds is 10. The Morgan fingerprint density at radius 1 is 0.900 bits per heavy atom. The first kappa shape index (κ1) is 22.2. The van der Waals surface area contributed by atoms with Gasteiger partial charge in [-0.15, -0.1) is 0 Å². The molecule has 7 nitrogen and oxygen atoms in total. The van der Waals surface area contributed by atoms with Crippen LogP contribution in [0.15, 0.2) is 41.7 Å². The minimum atomic E-state index is -0.670. The molecule has 0 aromatic heterocycles. The van der Waals surface area contributed by atoms with Crippen LogP contribution in [0.25, 0.3) is 11.6 Å². The second-order valence-corrected chi connectivity index (χ2v) is 8.20. The van der Waals surface area contributed by atoms with Crippen molar-refractivity contribution in [3.8, 4) is 5.75 Å². The highest BCUT2D eigenvalue weighted by Gasteiger charge is 2.30. The Bertz CT molecular complexity index is 886. The number of Topliss-reactive ketones (excluding diaryl/α,β-unsaturated/α-hetero) is 1. The minimum Gasteiger partial charge on any atom is -0.491 e. The van der Waals surface area contributed by atoms with Crippen LogP contribution >= 0.6 is 0 Å². The quantitative estimate of drug-likeness (QED) is 0.595. The lowest BCUT2D eigenvalue weighted by molar-refractivity contribution is -0.115. The van der Waals surface area contributed by atoms with Crippen LogP contribution in [-0.4, -0.2) is 92.5 Å². The Kier molecular flexibility index (Phi) is 7.10. The molecule has 30 heavy (non-hydrogen) atoms. The van der Waals surface area contributed by atoms with E-state index in [9.17, 15) is 15.0 Å². The van der Waals surface area contributed by atoms with Crippen LogP contribution in [0.3, 0.4) is 0 Å². The number of carbonyl (C=O) groups excluding carboxylic acids is 1. The topological polar surface area (TPSA) is 82.5 Å². The fraction of sp³-hybridized carbons (Fsp3) is 0.435. The van der Waals surface area contributed by atoms with E-state index in [1.165, 1.54) is 0 Å². The van der Waals surface area contributed by atoms with Gasteiger partial charge in [0.1, 0.15) is 31.2 Å². The highest BCUT2D eigenvalue weighted by Crippen LogP contribution is 2.40. The van der Waals surface area contributed by atoms with Gasteiger partial charge < -0.3 is 29.5 Å². The fourth-order valence-corrected chi connectivity index (χ4v) is 3.55. The van der Waals surface area contributed by atoms with E-state index in [2.05, 4.69) is 0 Å². The molecule has 7 heteroatoms. The Labute approximate surface area is 177 Å². The molecule has 2 unspecified atom stereocenters. The maximum absolute atomic E-state index is 12.8. The summed E-state index contributed by atoms with van der Waals surface area (Å²) in [4.78, 5) is 16.6. The Balaban J connectivity index is 1.66. The second-order valence-electron chi connectivity index (χ2n) is 8.20. The number of carbonyl (C=O) groups is 1. The molecule has 0 fully saturated rings. The van der Waals surface area contributed by atoms with Crippen molar-refractivity contribution < 1.29 is 24.5 Å². The Hall–Kier alpha value is -2.45. The van der Waals surface area contributed by atoms with Gasteiger partial charge in [0.05, 0.1) is 0 Å². The van der Waals surface area contributed by atoms with Crippen LogP contribution in [0.5, 0.6) is 5.75 Å². The van der Waals surface area contributed by atoms with Gasteiger partial charge in [-0.1, -0.05) is 6.07 Å². The molecule has 3 rings (SSSR count). The number of ketones is 1. The van der Waals surface area contributed by atoms with Crippen molar-refractivity contribution in [1.29, 1.82) is 0 Å². The second kappa shape index (κ2) is 9.57. The van der Waals surface area contributed by atoms with Crippen LogP contribution in [0.2, 0.25) is 0 Å². The van der Waals surface area contributed by atoms with Gasteiger partial charge in [0.2, 0.25) is 5.78 Å². The van der Waals surface area contributed by atoms with Crippen molar-refractivity contribution in [1.82, 2.24) is 9.80 Å². The Morgan fingerprint density at radius 3 is 2.17 bits per heavy atom. The first-order valence-corrected chi connectivity index (χ1v) is 9.99. The molecule has 0 amide bonds. The zero-order valence-corrected chi connectivity index (χ0v) is 18.0. The highest BCUT2D eigenvalue weighted by molar-refractivity contribution is 6.25. The molecule has 2 atom stereocenters. The number of hydrogen-bond acceptors (Lipinski definition) is 7. The normalized spacial score (nSPS) is 17.2. The summed E-state index contributed by atoms with van der Waals surface area (Å²) < 4.78 is 11.3. The average molecular weight is 415 g/mol. The number of allylic oxidation sites excluding steroid dienone is 4. The molecule has 162 valence electrons. The van der Waals surface area contributed by atoms with Gasteiger partial charge in [-0.3, -0.25) is 4.79 Å². The van der Waals surface area contributed by atoms with Gasteiger partial charge in [-0.05, 0) is 75.3 Å². The summed E-state index contributed by atoms with van der Waals surface area (Å²) in [6.45, 7) is 1.24. The van der Waals surface area contributed by atoms with E-state index in [0.717, 1.165) is 16.7 Å². The van der Waals surface area contributed by atoms with E-state index in [1.54, 1.807) is 6.08 Å². The van der Waals surface area contributed by atoms with Crippen LogP contribution in [0, 0.1) is 0 Å². The molecule has 1 aromatic carbocycles. The predicted molar refractivity (Wildman–Crippen MR) is 116 cm³/mol. The molecule has 0 saturated carbocycles. The molecule has 0 saturated heterocycles. The number of aliphatic hydroxyl groups is 2. The van der Waals surface area contributed by atoms with E-state index in [1.807, 2.05) is 68.3 Å². The molecule has 0 radical (unpaired) electrons. The largest absolute Gasteiger partial charge is 0.491 e. The zero-order chi connectivity index (χ0) is 21.8. The van der Waals surface area contributed by atoms with Gasteiger partial charge in [-0.2, -0.15) is 0 Å². The fourth-order valence-electron chi connectivity index (χ4n) is 3.55. The van der Waals surface area contributed by atoms with Crippen LogP contribution in [0.1, 0.15) is 11.1 Å². The summed E-state index contributed by atoms with van der Waals surface area (Å²) in [5, 5.41) is 19.9. The summed E-state index contributed by atoms with van der Waals surface area (Å²) in [5.74, 6) is 0.690. The highest BCUT2D eigenvalue weighted by atomic mass is 16.5. The van der Waals surface area contributed by atoms with Crippen molar-refractivity contribution in [2.24, 2.45) is 0 Å². The smallest absolute Gasteiger partial charge is 0.228 e. The first-order chi connectivity index (χ1) is 14.2. The number of ether oxygens (including phenoxy) is 2. The summed E-state index contributed by atoms with van der Waals surface area (Å²) in [5.41, 5.74) is 3.29. The lowest BCUT2D eigenvalue weighted by Gasteiger charge is -2.19. The molecule has 0 bridgehead atoms. The van der Waals surface area contributed by atoms with E-state index in [4.69, 9.17) is 9.47 Å². The van der Waals surface area contributed by atoms with E-state index in [-0.39, 0.29) is 24.8 Å². The molecule has 2 N–H and O–H groups in total. The maximum Gasteiger partial charge on any atom is 0.228 e. The minimum absolute atomic E-state index is 0.0619. The summed E-state index contributed by atoms with van der Waals surface area (Å²) >= 11 is 0. The zero-order valence-electron chi connectivity index (χ0n) is 18.0. The number of hydrogen-bond donors (Lipinski definition) is 2. The van der Waals surface area contributed by atoms with Gasteiger partial charge in [0, 0.05) is 18.7 Å². The monoisotopic (exact) mass is 414 g/mol. The van der Waals surface area contributed by atoms with Gasteiger partial charge in [0.15, 0.2) is 5.76 Å². The molecule has 1 aromatic rings. The van der Waals surface area contributed by atoms with E-state index < -0.39 is 12.2 Å². The number of likely N-dealkylation sites (N-methyl/N-ethyl adjacent to an activating group) is 2. The number of aliphatic hydroxyl groups excluding tert-OH is 2. The third kappa shape index (κ3) is 5.37. The maximum atomic E-state index is 12.8. The summed E-state index contributed by atoms with van der Waals surface area (Å²) in [6, 6.07) is 5.64. The molecule has 0 heterocycles. The van der Waals surface area contributed by atoms with E-state index in [0.29, 0.717) is 24.4 Å². The lowest BCUT2D eigenvalue weighted by atomic mass is 9.95. The standard InChI is InChI=1S/C23H30N2O5/c1-24(2)11-16(26)13-29-18-5-6-19-15(9-18)10-21-20(19)7-8-22(23(21)28)30-14-17(27)12-25(3)4/h5-10,16-17,26-27H,11-14H2,1-4H3. The molecule has 2 aliphatic rings. The third-order valence-electron chi connectivity index (χ3n) is 4.80. The molecule has 0 spiro atoms. The molecular weight excluding hydrogens is 384 g/mol. The number of fused-ring (bicyclic) bond motifs is 3. The van der Waals surface area contributed by atoms with Crippen molar-refractivity contribution in [3.63, 3.8) is 0 Å². The van der Waals surface area contributed by atoms with Crippen molar-refractivity contribution in [2.45, 2.75) is 12.2 Å². The lowest BCUT2D eigenvalue weighted by Crippen LogP contribution is -2.30. The SMILES string of the molecule is CN(C)CC(O)COC1=CC=C2C(=Cc3cc(OCC(O)CN(C)C)ccc32)C1=O. The van der Waals surface area contributed by atoms with Crippen LogP contribution in [0.4, 0.5) is 0 Å². The summed E-state index contributed by atoms with van der Waals surface area (Å²) in [6.07, 6.45) is 4.11. The summed E-state index contributed by atoms with van der Waals surface area (Å²) in [7, 11) is 7.52. The van der Waals surface area contributed by atoms with Crippen molar-refractivity contribution >= 4 is 17.4 Å². The van der Waals surface area contributed by atoms with Crippen molar-refractivity contribution in [3.05, 3.63) is 52.8 Å². The van der Waals surface area contributed by atoms with Gasteiger partial charge in [0.25, 0.3) is 0 Å². The average Bonchev–Trinajstić information content (AvgIpc) is 3.03. The number of benzene rings is 1.